The standard InChI is InChI=1S/C19H16ClN3O.2ClH/c20-14-6-5-13-9-21-10-17(16(13)7-14)19(24)23-18-11-22-8-12-3-1-2-4-15(12)18;;/h1-8,11,17,21H,9-10H2,(H,23,24);2*1H/t17-;;/m1../s1. The highest BCUT2D eigenvalue weighted by atomic mass is 35.5. The third-order valence-corrected chi connectivity index (χ3v) is 4.62. The molecule has 1 aliphatic rings. The van der Waals surface area contributed by atoms with Crippen molar-refractivity contribution in [2.45, 2.75) is 12.5 Å². The zero-order valence-electron chi connectivity index (χ0n) is 13.7. The normalized spacial score (nSPS) is 15.3. The Hall–Kier alpha value is -1.85. The average Bonchev–Trinajstić information content (AvgIpc) is 2.61. The van der Waals surface area contributed by atoms with E-state index in [4.69, 9.17) is 11.6 Å². The SMILES string of the molecule is Cl.Cl.O=C(Nc1cncc2ccccc12)[C@@H]1CNCc2ccc(Cl)cc21. The summed E-state index contributed by atoms with van der Waals surface area (Å²) in [4.78, 5) is 17.1. The van der Waals surface area contributed by atoms with Gasteiger partial charge in [-0.1, -0.05) is 41.9 Å². The number of carbonyl (C=O) groups excluding carboxylic acids is 1. The molecule has 3 aromatic rings. The van der Waals surface area contributed by atoms with Crippen LogP contribution in [0.3, 0.4) is 0 Å². The van der Waals surface area contributed by atoms with Crippen LogP contribution in [0, 0.1) is 0 Å². The first-order valence-corrected chi connectivity index (χ1v) is 8.23. The Bertz CT molecular complexity index is 928. The van der Waals surface area contributed by atoms with E-state index in [0.29, 0.717) is 11.6 Å². The lowest BCUT2D eigenvalue weighted by Gasteiger charge is -2.26. The average molecular weight is 411 g/mol. The van der Waals surface area contributed by atoms with Crippen molar-refractivity contribution in [2.75, 3.05) is 11.9 Å². The number of rotatable bonds is 2. The summed E-state index contributed by atoms with van der Waals surface area (Å²) in [5.41, 5.74) is 2.83. The molecule has 4 nitrogen and oxygen atoms in total. The number of hydrogen-bond donors (Lipinski definition) is 2. The van der Waals surface area contributed by atoms with Crippen molar-refractivity contribution in [1.82, 2.24) is 10.3 Å². The predicted molar refractivity (Wildman–Crippen MR) is 111 cm³/mol. The second-order valence-corrected chi connectivity index (χ2v) is 6.36. The van der Waals surface area contributed by atoms with Crippen LogP contribution in [-0.4, -0.2) is 17.4 Å². The Morgan fingerprint density at radius 2 is 1.96 bits per heavy atom. The zero-order valence-corrected chi connectivity index (χ0v) is 16.1. The van der Waals surface area contributed by atoms with Crippen LogP contribution in [0.15, 0.2) is 54.9 Å². The molecule has 0 saturated heterocycles. The van der Waals surface area contributed by atoms with Gasteiger partial charge in [0.15, 0.2) is 0 Å². The minimum Gasteiger partial charge on any atom is -0.324 e. The molecule has 1 aromatic heterocycles. The number of pyridine rings is 1. The molecule has 0 radical (unpaired) electrons. The summed E-state index contributed by atoms with van der Waals surface area (Å²) < 4.78 is 0. The van der Waals surface area contributed by atoms with Crippen LogP contribution in [0.1, 0.15) is 17.0 Å². The van der Waals surface area contributed by atoms with Gasteiger partial charge in [0.05, 0.1) is 17.8 Å². The molecule has 7 heteroatoms. The molecule has 1 amide bonds. The molecule has 136 valence electrons. The minimum atomic E-state index is -0.272. The van der Waals surface area contributed by atoms with Gasteiger partial charge in [-0.2, -0.15) is 0 Å². The topological polar surface area (TPSA) is 54.0 Å². The maximum Gasteiger partial charge on any atom is 0.233 e. The number of amides is 1. The second-order valence-electron chi connectivity index (χ2n) is 5.92. The molecule has 0 unspecified atom stereocenters. The van der Waals surface area contributed by atoms with Gasteiger partial charge in [-0.05, 0) is 23.3 Å². The Morgan fingerprint density at radius 1 is 1.15 bits per heavy atom. The highest BCUT2D eigenvalue weighted by Crippen LogP contribution is 2.29. The number of nitrogens with one attached hydrogen (secondary N) is 2. The van der Waals surface area contributed by atoms with E-state index in [1.54, 1.807) is 12.4 Å². The molecular weight excluding hydrogens is 393 g/mol. The van der Waals surface area contributed by atoms with E-state index in [0.717, 1.165) is 34.1 Å². The Kier molecular flexibility index (Phi) is 6.84. The second kappa shape index (κ2) is 8.69. The Morgan fingerprint density at radius 3 is 2.81 bits per heavy atom. The first-order chi connectivity index (χ1) is 11.7. The van der Waals surface area contributed by atoms with E-state index in [1.165, 1.54) is 0 Å². The van der Waals surface area contributed by atoms with Crippen molar-refractivity contribution >= 4 is 58.8 Å². The smallest absolute Gasteiger partial charge is 0.233 e. The summed E-state index contributed by atoms with van der Waals surface area (Å²) in [5.74, 6) is -0.324. The Balaban J connectivity index is 0.00000121. The van der Waals surface area contributed by atoms with E-state index in [1.807, 2.05) is 42.5 Å². The Labute approximate surface area is 169 Å². The molecule has 2 N–H and O–H groups in total. The zero-order chi connectivity index (χ0) is 16.5. The van der Waals surface area contributed by atoms with Crippen molar-refractivity contribution in [3.05, 3.63) is 71.0 Å². The molecule has 0 aliphatic carbocycles. The summed E-state index contributed by atoms with van der Waals surface area (Å²) in [5, 5.41) is 8.96. The fourth-order valence-corrected chi connectivity index (χ4v) is 3.36. The number of nitrogens with zero attached hydrogens (tertiary/aromatic N) is 1. The molecule has 0 fully saturated rings. The van der Waals surface area contributed by atoms with Gasteiger partial charge in [-0.15, -0.1) is 24.8 Å². The number of benzene rings is 2. The molecule has 2 heterocycles. The molecule has 26 heavy (non-hydrogen) atoms. The van der Waals surface area contributed by atoms with Gasteiger partial charge < -0.3 is 10.6 Å². The maximum absolute atomic E-state index is 12.9. The number of anilines is 1. The number of halogens is 3. The van der Waals surface area contributed by atoms with Crippen LogP contribution in [0.25, 0.3) is 10.8 Å². The van der Waals surface area contributed by atoms with Gasteiger partial charge in [-0.3, -0.25) is 9.78 Å². The highest BCUT2D eigenvalue weighted by Gasteiger charge is 2.27. The number of carbonyl (C=O) groups is 1. The third-order valence-electron chi connectivity index (χ3n) is 4.39. The van der Waals surface area contributed by atoms with Crippen molar-refractivity contribution in [1.29, 1.82) is 0 Å². The van der Waals surface area contributed by atoms with Gasteiger partial charge >= 0.3 is 0 Å². The van der Waals surface area contributed by atoms with Gasteiger partial charge in [0.25, 0.3) is 0 Å². The molecule has 0 bridgehead atoms. The molecular formula is C19H18Cl3N3O. The summed E-state index contributed by atoms with van der Waals surface area (Å²) in [7, 11) is 0. The lowest BCUT2D eigenvalue weighted by atomic mass is 9.90. The quantitative estimate of drug-likeness (QED) is 0.651. The largest absolute Gasteiger partial charge is 0.324 e. The first kappa shape index (κ1) is 20.5. The predicted octanol–water partition coefficient (Wildman–Crippen LogP) is 4.56. The van der Waals surface area contributed by atoms with E-state index >= 15 is 0 Å². The highest BCUT2D eigenvalue weighted by molar-refractivity contribution is 6.30. The van der Waals surface area contributed by atoms with Crippen LogP contribution >= 0.6 is 36.4 Å². The lowest BCUT2D eigenvalue weighted by molar-refractivity contribution is -0.117. The van der Waals surface area contributed by atoms with E-state index in [9.17, 15) is 4.79 Å². The van der Waals surface area contributed by atoms with E-state index in [2.05, 4.69) is 15.6 Å². The molecule has 4 rings (SSSR count). The molecule has 0 spiro atoms. The summed E-state index contributed by atoms with van der Waals surface area (Å²) in [6, 6.07) is 13.6. The van der Waals surface area contributed by atoms with Crippen molar-refractivity contribution < 1.29 is 4.79 Å². The fraction of sp³-hybridized carbons (Fsp3) is 0.158. The molecule has 0 saturated carbocycles. The third kappa shape index (κ3) is 3.94. The fourth-order valence-electron chi connectivity index (χ4n) is 3.18. The van der Waals surface area contributed by atoms with Crippen LogP contribution in [0.2, 0.25) is 5.02 Å². The van der Waals surface area contributed by atoms with E-state index in [-0.39, 0.29) is 36.6 Å². The van der Waals surface area contributed by atoms with Crippen molar-refractivity contribution in [2.24, 2.45) is 0 Å². The molecule has 2 aromatic carbocycles. The van der Waals surface area contributed by atoms with Gasteiger partial charge in [0.2, 0.25) is 5.91 Å². The minimum absolute atomic E-state index is 0. The lowest BCUT2D eigenvalue weighted by Crippen LogP contribution is -2.35. The van der Waals surface area contributed by atoms with Crippen LogP contribution in [0.4, 0.5) is 5.69 Å². The van der Waals surface area contributed by atoms with Gasteiger partial charge in [0.1, 0.15) is 0 Å². The molecule has 1 aliphatic heterocycles. The molecule has 1 atom stereocenters. The van der Waals surface area contributed by atoms with Crippen LogP contribution in [-0.2, 0) is 11.3 Å². The van der Waals surface area contributed by atoms with Crippen LogP contribution in [0.5, 0.6) is 0 Å². The maximum atomic E-state index is 12.9. The summed E-state index contributed by atoms with van der Waals surface area (Å²) in [6.45, 7) is 1.35. The van der Waals surface area contributed by atoms with Crippen LogP contribution < -0.4 is 10.6 Å². The van der Waals surface area contributed by atoms with Gasteiger partial charge in [0, 0.05) is 35.1 Å². The van der Waals surface area contributed by atoms with Gasteiger partial charge in [-0.25, -0.2) is 0 Å². The van der Waals surface area contributed by atoms with Crippen molar-refractivity contribution in [3.63, 3.8) is 0 Å². The number of fused-ring (bicyclic) bond motifs is 2. The number of aromatic nitrogens is 1. The summed E-state index contributed by atoms with van der Waals surface area (Å²) >= 11 is 6.12. The number of hydrogen-bond acceptors (Lipinski definition) is 3. The summed E-state index contributed by atoms with van der Waals surface area (Å²) in [6.07, 6.45) is 3.48. The van der Waals surface area contributed by atoms with E-state index < -0.39 is 0 Å². The van der Waals surface area contributed by atoms with Crippen molar-refractivity contribution in [3.8, 4) is 0 Å². The monoisotopic (exact) mass is 409 g/mol. The first-order valence-electron chi connectivity index (χ1n) is 7.85.